The second-order valence-electron chi connectivity index (χ2n) is 5.13. The van der Waals surface area contributed by atoms with Crippen LogP contribution in [0.2, 0.25) is 0 Å². The van der Waals surface area contributed by atoms with Gasteiger partial charge in [0.15, 0.2) is 5.75 Å². The summed E-state index contributed by atoms with van der Waals surface area (Å²) >= 11 is 0. The topological polar surface area (TPSA) is 45.5 Å². The van der Waals surface area contributed by atoms with E-state index < -0.39 is 0 Å². The Bertz CT molecular complexity index is 422. The Labute approximate surface area is 102 Å². The molecule has 96 valence electrons. The van der Waals surface area contributed by atoms with Crippen LogP contribution in [0.5, 0.6) is 5.75 Å². The standard InChI is InChI=1S/C13H22N2O2/c1-10(2)5-6-15-9-13(17)12(16)7-11(15)8-14(3)4/h7,9-10,17H,5-6,8H2,1-4H3. The van der Waals surface area contributed by atoms with Gasteiger partial charge in [-0.05, 0) is 26.4 Å². The lowest BCUT2D eigenvalue weighted by molar-refractivity contribution is 0.376. The number of nitrogens with zero attached hydrogens (tertiary/aromatic N) is 2. The predicted octanol–water partition coefficient (Wildman–Crippen LogP) is 1.66. The number of aromatic hydroxyl groups is 1. The Balaban J connectivity index is 2.98. The van der Waals surface area contributed by atoms with Crippen LogP contribution in [0, 0.1) is 5.92 Å². The quantitative estimate of drug-likeness (QED) is 0.848. The molecule has 0 fully saturated rings. The number of rotatable bonds is 5. The number of pyridine rings is 1. The van der Waals surface area contributed by atoms with Gasteiger partial charge in [-0.15, -0.1) is 0 Å². The molecule has 0 aliphatic rings. The molecule has 0 aromatic carbocycles. The van der Waals surface area contributed by atoms with Crippen molar-refractivity contribution in [2.24, 2.45) is 5.92 Å². The molecule has 0 saturated carbocycles. The van der Waals surface area contributed by atoms with Gasteiger partial charge in [-0.1, -0.05) is 13.8 Å². The second-order valence-corrected chi connectivity index (χ2v) is 5.13. The van der Waals surface area contributed by atoms with Crippen LogP contribution in [0.25, 0.3) is 0 Å². The number of aromatic nitrogens is 1. The molecule has 1 N–H and O–H groups in total. The maximum absolute atomic E-state index is 11.4. The largest absolute Gasteiger partial charge is 0.503 e. The average Bonchev–Trinajstić information content (AvgIpc) is 2.20. The zero-order chi connectivity index (χ0) is 13.0. The van der Waals surface area contributed by atoms with Crippen LogP contribution < -0.4 is 5.43 Å². The molecular formula is C13H22N2O2. The Hall–Kier alpha value is -1.29. The Morgan fingerprint density at radius 2 is 2.06 bits per heavy atom. The molecule has 1 rings (SSSR count). The first-order chi connectivity index (χ1) is 7.90. The van der Waals surface area contributed by atoms with Crippen LogP contribution in [0.4, 0.5) is 0 Å². The minimum atomic E-state index is -0.303. The van der Waals surface area contributed by atoms with E-state index in [9.17, 15) is 9.90 Å². The normalized spacial score (nSPS) is 11.4. The highest BCUT2D eigenvalue weighted by molar-refractivity contribution is 5.20. The van der Waals surface area contributed by atoms with Crippen molar-refractivity contribution in [1.29, 1.82) is 0 Å². The van der Waals surface area contributed by atoms with Gasteiger partial charge >= 0.3 is 0 Å². The Morgan fingerprint density at radius 3 is 2.59 bits per heavy atom. The van der Waals surface area contributed by atoms with Crippen LogP contribution in [0.1, 0.15) is 26.0 Å². The average molecular weight is 238 g/mol. The minimum Gasteiger partial charge on any atom is -0.503 e. The SMILES string of the molecule is CC(C)CCn1cc(O)c(=O)cc1CN(C)C. The lowest BCUT2D eigenvalue weighted by Crippen LogP contribution is -2.19. The Kier molecular flexibility index (Phi) is 4.75. The predicted molar refractivity (Wildman–Crippen MR) is 69.2 cm³/mol. The van der Waals surface area contributed by atoms with Crippen LogP contribution in [-0.4, -0.2) is 28.7 Å². The van der Waals surface area contributed by atoms with E-state index in [0.717, 1.165) is 18.7 Å². The van der Waals surface area contributed by atoms with E-state index in [1.807, 2.05) is 23.6 Å². The lowest BCUT2D eigenvalue weighted by Gasteiger charge is -2.17. The van der Waals surface area contributed by atoms with Gasteiger partial charge in [0.2, 0.25) is 5.43 Å². The third-order valence-corrected chi connectivity index (χ3v) is 2.62. The third-order valence-electron chi connectivity index (χ3n) is 2.62. The van der Waals surface area contributed by atoms with E-state index >= 15 is 0 Å². The monoisotopic (exact) mass is 238 g/mol. The molecule has 1 heterocycles. The van der Waals surface area contributed by atoms with Gasteiger partial charge in [0.25, 0.3) is 0 Å². The fraction of sp³-hybridized carbons (Fsp3) is 0.615. The van der Waals surface area contributed by atoms with Crippen molar-refractivity contribution in [3.8, 4) is 5.75 Å². The summed E-state index contributed by atoms with van der Waals surface area (Å²) in [6.07, 6.45) is 2.58. The molecule has 0 aliphatic heterocycles. The first-order valence-corrected chi connectivity index (χ1v) is 5.97. The van der Waals surface area contributed by atoms with Crippen LogP contribution in [-0.2, 0) is 13.1 Å². The highest BCUT2D eigenvalue weighted by Crippen LogP contribution is 2.10. The molecule has 0 bridgehead atoms. The summed E-state index contributed by atoms with van der Waals surface area (Å²) in [4.78, 5) is 13.4. The molecular weight excluding hydrogens is 216 g/mol. The van der Waals surface area contributed by atoms with E-state index in [-0.39, 0.29) is 11.2 Å². The van der Waals surface area contributed by atoms with E-state index in [2.05, 4.69) is 13.8 Å². The van der Waals surface area contributed by atoms with Gasteiger partial charge in [0.1, 0.15) is 0 Å². The first-order valence-electron chi connectivity index (χ1n) is 5.97. The zero-order valence-electron chi connectivity index (χ0n) is 11.1. The van der Waals surface area contributed by atoms with Gasteiger partial charge in [-0.25, -0.2) is 0 Å². The maximum Gasteiger partial charge on any atom is 0.223 e. The van der Waals surface area contributed by atoms with E-state index in [4.69, 9.17) is 0 Å². The van der Waals surface area contributed by atoms with Crippen molar-refractivity contribution in [1.82, 2.24) is 9.47 Å². The smallest absolute Gasteiger partial charge is 0.223 e. The molecule has 1 aromatic rings. The number of aryl methyl sites for hydroxylation is 1. The number of hydrogen-bond donors (Lipinski definition) is 1. The summed E-state index contributed by atoms with van der Waals surface area (Å²) in [5, 5.41) is 9.48. The molecule has 17 heavy (non-hydrogen) atoms. The highest BCUT2D eigenvalue weighted by atomic mass is 16.3. The summed E-state index contributed by atoms with van der Waals surface area (Å²) < 4.78 is 1.97. The van der Waals surface area contributed by atoms with Crippen molar-refractivity contribution in [3.05, 3.63) is 28.2 Å². The molecule has 0 amide bonds. The highest BCUT2D eigenvalue weighted by Gasteiger charge is 2.07. The summed E-state index contributed by atoms with van der Waals surface area (Å²) in [7, 11) is 3.92. The molecule has 0 atom stereocenters. The fourth-order valence-electron chi connectivity index (χ4n) is 1.67. The molecule has 0 saturated heterocycles. The minimum absolute atomic E-state index is 0.170. The van der Waals surface area contributed by atoms with Crippen molar-refractivity contribution in [2.75, 3.05) is 14.1 Å². The third kappa shape index (κ3) is 4.23. The molecule has 1 aromatic heterocycles. The number of hydrogen-bond acceptors (Lipinski definition) is 3. The van der Waals surface area contributed by atoms with Gasteiger partial charge in [0.05, 0.1) is 6.20 Å². The van der Waals surface area contributed by atoms with Crippen LogP contribution >= 0.6 is 0 Å². The molecule has 0 aliphatic carbocycles. The summed E-state index contributed by atoms with van der Waals surface area (Å²) in [5.41, 5.74) is 0.640. The Morgan fingerprint density at radius 1 is 1.41 bits per heavy atom. The molecule has 0 unspecified atom stereocenters. The fourth-order valence-corrected chi connectivity index (χ4v) is 1.67. The van der Waals surface area contributed by atoms with E-state index in [1.165, 1.54) is 6.07 Å². The summed E-state index contributed by atoms with van der Waals surface area (Å²) in [5.74, 6) is 0.431. The second kappa shape index (κ2) is 5.87. The summed E-state index contributed by atoms with van der Waals surface area (Å²) in [6.45, 7) is 5.85. The van der Waals surface area contributed by atoms with Crippen LogP contribution in [0.15, 0.2) is 17.1 Å². The van der Waals surface area contributed by atoms with Gasteiger partial charge in [-0.2, -0.15) is 0 Å². The molecule has 4 nitrogen and oxygen atoms in total. The maximum atomic E-state index is 11.4. The molecule has 4 heteroatoms. The molecule has 0 spiro atoms. The van der Waals surface area contributed by atoms with Crippen LogP contribution in [0.3, 0.4) is 0 Å². The van der Waals surface area contributed by atoms with Crippen molar-refractivity contribution < 1.29 is 5.11 Å². The summed E-state index contributed by atoms with van der Waals surface area (Å²) in [6, 6.07) is 1.52. The van der Waals surface area contributed by atoms with Gasteiger partial charge in [0, 0.05) is 24.8 Å². The van der Waals surface area contributed by atoms with Crippen molar-refractivity contribution >= 4 is 0 Å². The van der Waals surface area contributed by atoms with Gasteiger partial charge in [-0.3, -0.25) is 4.79 Å². The van der Waals surface area contributed by atoms with Crippen molar-refractivity contribution in [2.45, 2.75) is 33.4 Å². The van der Waals surface area contributed by atoms with Crippen molar-refractivity contribution in [3.63, 3.8) is 0 Å². The van der Waals surface area contributed by atoms with E-state index in [0.29, 0.717) is 12.5 Å². The first kappa shape index (κ1) is 13.8. The lowest BCUT2D eigenvalue weighted by atomic mass is 10.1. The molecule has 0 radical (unpaired) electrons. The van der Waals surface area contributed by atoms with E-state index in [1.54, 1.807) is 6.20 Å². The zero-order valence-corrected chi connectivity index (χ0v) is 11.1. The van der Waals surface area contributed by atoms with Gasteiger partial charge < -0.3 is 14.6 Å².